The van der Waals surface area contributed by atoms with E-state index in [-0.39, 0.29) is 5.95 Å². The van der Waals surface area contributed by atoms with Crippen LogP contribution in [0.5, 0.6) is 0 Å². The third-order valence-corrected chi connectivity index (χ3v) is 2.17. The van der Waals surface area contributed by atoms with Gasteiger partial charge in [-0.3, -0.25) is 9.89 Å². The van der Waals surface area contributed by atoms with E-state index in [4.69, 9.17) is 5.73 Å². The molecule has 11 heteroatoms. The number of amides is 1. The first-order valence-corrected chi connectivity index (χ1v) is 4.83. The van der Waals surface area contributed by atoms with E-state index in [2.05, 4.69) is 10.1 Å². The minimum atomic E-state index is -2.33. The van der Waals surface area contributed by atoms with Crippen LogP contribution in [-0.2, 0) is 0 Å². The quantitative estimate of drug-likeness (QED) is 0.442. The molecule has 2 aromatic rings. The molecule has 1 amide bonds. The maximum absolute atomic E-state index is 13.3. The Balaban J connectivity index is 2.42. The highest BCUT2D eigenvalue weighted by atomic mass is 19.2. The third kappa shape index (κ3) is 2.13. The lowest BCUT2D eigenvalue weighted by molar-refractivity contribution is 0.101. The van der Waals surface area contributed by atoms with Crippen LogP contribution in [0.1, 0.15) is 10.6 Å². The molecule has 1 aromatic carbocycles. The number of nitrogens with one attached hydrogen (secondary N) is 2. The number of anilines is 2. The number of halogens is 5. The lowest BCUT2D eigenvalue weighted by Crippen LogP contribution is -2.18. The molecule has 106 valence electrons. The molecule has 0 unspecified atom stereocenters. The molecular weight excluding hydrogens is 289 g/mol. The summed E-state index contributed by atoms with van der Waals surface area (Å²) in [5.74, 6) is -13.2. The fourth-order valence-electron chi connectivity index (χ4n) is 1.26. The smallest absolute Gasteiger partial charge is 0.293 e. The van der Waals surface area contributed by atoms with E-state index in [9.17, 15) is 26.7 Å². The number of carbonyl (C=O) groups excluding carboxylic acids is 1. The van der Waals surface area contributed by atoms with Gasteiger partial charge in [-0.05, 0) is 0 Å². The van der Waals surface area contributed by atoms with Gasteiger partial charge in [-0.15, -0.1) is 5.10 Å². The number of rotatable bonds is 2. The second kappa shape index (κ2) is 4.75. The fraction of sp³-hybridized carbons (Fsp3) is 0. The maximum atomic E-state index is 13.3. The highest BCUT2D eigenvalue weighted by Crippen LogP contribution is 2.27. The van der Waals surface area contributed by atoms with Crippen molar-refractivity contribution in [2.75, 3.05) is 11.1 Å². The summed E-state index contributed by atoms with van der Waals surface area (Å²) >= 11 is 0. The van der Waals surface area contributed by atoms with E-state index in [0.29, 0.717) is 0 Å². The highest BCUT2D eigenvalue weighted by Gasteiger charge is 2.27. The van der Waals surface area contributed by atoms with E-state index in [1.807, 2.05) is 5.10 Å². The van der Waals surface area contributed by atoms with Crippen molar-refractivity contribution in [2.24, 2.45) is 0 Å². The van der Waals surface area contributed by atoms with Gasteiger partial charge in [0.05, 0.1) is 0 Å². The zero-order valence-corrected chi connectivity index (χ0v) is 9.27. The van der Waals surface area contributed by atoms with Crippen LogP contribution in [0.15, 0.2) is 0 Å². The number of benzene rings is 1. The van der Waals surface area contributed by atoms with Gasteiger partial charge in [0.1, 0.15) is 5.69 Å². The Morgan fingerprint density at radius 1 is 1.00 bits per heavy atom. The second-order valence-corrected chi connectivity index (χ2v) is 3.44. The number of H-pyrrole nitrogens is 1. The van der Waals surface area contributed by atoms with Crippen LogP contribution < -0.4 is 11.1 Å². The SMILES string of the molecule is Nc1n[nH]c(C(=O)Nc2c(F)c(F)c(F)c(F)c2F)n1. The number of aromatic amines is 1. The van der Waals surface area contributed by atoms with Crippen molar-refractivity contribution in [3.8, 4) is 0 Å². The highest BCUT2D eigenvalue weighted by molar-refractivity contribution is 6.01. The minimum absolute atomic E-state index is 0.340. The molecule has 0 bridgehead atoms. The predicted molar refractivity (Wildman–Crippen MR) is 55.0 cm³/mol. The van der Waals surface area contributed by atoms with Gasteiger partial charge >= 0.3 is 0 Å². The average Bonchev–Trinajstić information content (AvgIpc) is 2.85. The van der Waals surface area contributed by atoms with Gasteiger partial charge < -0.3 is 11.1 Å². The van der Waals surface area contributed by atoms with Crippen LogP contribution in [0.2, 0.25) is 0 Å². The molecule has 2 rings (SSSR count). The van der Waals surface area contributed by atoms with Gasteiger partial charge in [-0.25, -0.2) is 22.0 Å². The van der Waals surface area contributed by atoms with Crippen molar-refractivity contribution in [3.63, 3.8) is 0 Å². The predicted octanol–water partition coefficient (Wildman–Crippen LogP) is 1.33. The van der Waals surface area contributed by atoms with Gasteiger partial charge in [0, 0.05) is 0 Å². The Kier molecular flexibility index (Phi) is 3.26. The molecular formula is C9H4F5N5O. The van der Waals surface area contributed by atoms with Crippen molar-refractivity contribution in [3.05, 3.63) is 34.9 Å². The summed E-state index contributed by atoms with van der Waals surface area (Å²) in [6, 6.07) is 0. The number of aromatic nitrogens is 3. The Bertz CT molecular complexity index is 671. The largest absolute Gasteiger partial charge is 0.366 e. The van der Waals surface area contributed by atoms with Crippen molar-refractivity contribution in [1.29, 1.82) is 0 Å². The van der Waals surface area contributed by atoms with Gasteiger partial charge in [0.25, 0.3) is 5.91 Å². The first-order valence-electron chi connectivity index (χ1n) is 4.83. The first kappa shape index (κ1) is 13.7. The molecule has 0 saturated heterocycles. The molecule has 0 fully saturated rings. The molecule has 0 aliphatic heterocycles. The Labute approximate surface area is 106 Å². The second-order valence-electron chi connectivity index (χ2n) is 3.44. The Hall–Kier alpha value is -2.72. The summed E-state index contributed by atoms with van der Waals surface area (Å²) in [5.41, 5.74) is 3.59. The first-order chi connectivity index (χ1) is 9.32. The van der Waals surface area contributed by atoms with E-state index in [0.717, 1.165) is 0 Å². The van der Waals surface area contributed by atoms with Crippen LogP contribution >= 0.6 is 0 Å². The van der Waals surface area contributed by atoms with E-state index < -0.39 is 46.5 Å². The number of carbonyl (C=O) groups is 1. The topological polar surface area (TPSA) is 96.7 Å². The summed E-state index contributed by atoms with van der Waals surface area (Å²) in [5, 5.41) is 6.75. The lowest BCUT2D eigenvalue weighted by Gasteiger charge is -2.08. The van der Waals surface area contributed by atoms with E-state index in [1.165, 1.54) is 5.32 Å². The summed E-state index contributed by atoms with van der Waals surface area (Å²) in [6.45, 7) is 0. The summed E-state index contributed by atoms with van der Waals surface area (Å²) in [6.07, 6.45) is 0. The molecule has 20 heavy (non-hydrogen) atoms. The number of nitrogens with two attached hydrogens (primary N) is 1. The van der Waals surface area contributed by atoms with Crippen molar-refractivity contribution >= 4 is 17.5 Å². The molecule has 0 aliphatic carbocycles. The van der Waals surface area contributed by atoms with Gasteiger partial charge in [0.15, 0.2) is 23.3 Å². The van der Waals surface area contributed by atoms with Gasteiger partial charge in [-0.1, -0.05) is 0 Å². The molecule has 0 saturated carbocycles. The van der Waals surface area contributed by atoms with Crippen molar-refractivity contribution in [2.45, 2.75) is 0 Å². The van der Waals surface area contributed by atoms with Gasteiger partial charge in [-0.2, -0.15) is 4.98 Å². The Morgan fingerprint density at radius 3 is 1.95 bits per heavy atom. The monoisotopic (exact) mass is 293 g/mol. The van der Waals surface area contributed by atoms with Crippen molar-refractivity contribution < 1.29 is 26.7 Å². The number of nitrogen functional groups attached to an aromatic ring is 1. The third-order valence-electron chi connectivity index (χ3n) is 2.17. The number of nitrogens with zero attached hydrogens (tertiary/aromatic N) is 2. The van der Waals surface area contributed by atoms with Crippen LogP contribution in [0.25, 0.3) is 0 Å². The molecule has 0 atom stereocenters. The normalized spacial score (nSPS) is 10.7. The standard InChI is InChI=1S/C9H4F5N5O/c10-1-2(11)4(13)6(5(14)3(1)12)16-8(20)7-17-9(15)19-18-7/h(H,16,20)(H3,15,17,18,19). The minimum Gasteiger partial charge on any atom is -0.366 e. The molecule has 1 heterocycles. The summed E-state index contributed by atoms with van der Waals surface area (Å²) < 4.78 is 65.1. The molecule has 0 aliphatic rings. The molecule has 6 nitrogen and oxygen atoms in total. The maximum Gasteiger partial charge on any atom is 0.293 e. The van der Waals surface area contributed by atoms with E-state index >= 15 is 0 Å². The lowest BCUT2D eigenvalue weighted by atomic mass is 10.2. The zero-order chi connectivity index (χ0) is 15.0. The molecule has 0 spiro atoms. The number of hydrogen-bond acceptors (Lipinski definition) is 4. The van der Waals surface area contributed by atoms with E-state index in [1.54, 1.807) is 0 Å². The van der Waals surface area contributed by atoms with Crippen LogP contribution in [-0.4, -0.2) is 21.1 Å². The number of hydrogen-bond donors (Lipinski definition) is 3. The van der Waals surface area contributed by atoms with Gasteiger partial charge in [0.2, 0.25) is 17.6 Å². The molecule has 4 N–H and O–H groups in total. The fourth-order valence-corrected chi connectivity index (χ4v) is 1.26. The van der Waals surface area contributed by atoms with Crippen LogP contribution in [0.3, 0.4) is 0 Å². The van der Waals surface area contributed by atoms with Crippen molar-refractivity contribution in [1.82, 2.24) is 15.2 Å². The molecule has 1 aromatic heterocycles. The average molecular weight is 293 g/mol. The zero-order valence-electron chi connectivity index (χ0n) is 9.27. The molecule has 0 radical (unpaired) electrons. The summed E-state index contributed by atoms with van der Waals surface area (Å²) in [7, 11) is 0. The van der Waals surface area contributed by atoms with Crippen LogP contribution in [0.4, 0.5) is 33.6 Å². The summed E-state index contributed by atoms with van der Waals surface area (Å²) in [4.78, 5) is 14.8. The van der Waals surface area contributed by atoms with Crippen LogP contribution in [0, 0.1) is 29.1 Å². The Morgan fingerprint density at radius 2 is 1.50 bits per heavy atom.